The van der Waals surface area contributed by atoms with Crippen LogP contribution in [0.4, 0.5) is 13.2 Å². The molecule has 2 unspecified atom stereocenters. The van der Waals surface area contributed by atoms with Gasteiger partial charge in [-0.25, -0.2) is 14.2 Å². The standard InChI is InChI=1S/C12H16F3N3O2S/c1-17-10(21-2)16-9(19)18(11(17)20)8-5-3-4-7(6-8)12(13,14)15/h7-8H,3-6H2,1-2H3. The van der Waals surface area contributed by atoms with E-state index in [4.69, 9.17) is 0 Å². The molecule has 1 heterocycles. The maximum Gasteiger partial charge on any atom is 0.391 e. The first-order valence-electron chi connectivity index (χ1n) is 6.56. The fourth-order valence-electron chi connectivity index (χ4n) is 2.73. The number of thioether (sulfide) groups is 1. The first-order valence-corrected chi connectivity index (χ1v) is 7.78. The molecular formula is C12H16F3N3O2S. The molecular weight excluding hydrogens is 307 g/mol. The van der Waals surface area contributed by atoms with E-state index in [1.165, 1.54) is 11.6 Å². The third-order valence-corrected chi connectivity index (χ3v) is 4.56. The molecule has 0 aromatic carbocycles. The maximum absolute atomic E-state index is 12.8. The van der Waals surface area contributed by atoms with Gasteiger partial charge in [0.2, 0.25) is 0 Å². The van der Waals surface area contributed by atoms with Crippen LogP contribution in [-0.2, 0) is 7.05 Å². The van der Waals surface area contributed by atoms with Gasteiger partial charge >= 0.3 is 17.6 Å². The van der Waals surface area contributed by atoms with Crippen LogP contribution in [0.5, 0.6) is 0 Å². The highest BCUT2D eigenvalue weighted by Crippen LogP contribution is 2.40. The molecule has 9 heteroatoms. The quantitative estimate of drug-likeness (QED) is 0.781. The summed E-state index contributed by atoms with van der Waals surface area (Å²) < 4.78 is 40.6. The molecule has 1 saturated carbocycles. The van der Waals surface area contributed by atoms with Gasteiger partial charge in [-0.3, -0.25) is 4.57 Å². The molecule has 118 valence electrons. The van der Waals surface area contributed by atoms with Gasteiger partial charge in [0, 0.05) is 13.1 Å². The Morgan fingerprint density at radius 3 is 2.52 bits per heavy atom. The Morgan fingerprint density at radius 1 is 1.29 bits per heavy atom. The highest BCUT2D eigenvalue weighted by molar-refractivity contribution is 7.98. The van der Waals surface area contributed by atoms with Gasteiger partial charge in [0.25, 0.3) is 0 Å². The Morgan fingerprint density at radius 2 is 1.95 bits per heavy atom. The predicted molar refractivity (Wildman–Crippen MR) is 72.6 cm³/mol. The van der Waals surface area contributed by atoms with E-state index in [-0.39, 0.29) is 18.0 Å². The Balaban J connectivity index is 2.41. The van der Waals surface area contributed by atoms with Crippen molar-refractivity contribution >= 4 is 11.8 Å². The number of rotatable bonds is 2. The minimum Gasteiger partial charge on any atom is -0.275 e. The molecule has 2 atom stereocenters. The monoisotopic (exact) mass is 323 g/mol. The molecule has 0 aliphatic heterocycles. The molecule has 0 saturated heterocycles. The second kappa shape index (κ2) is 5.86. The van der Waals surface area contributed by atoms with E-state index in [0.29, 0.717) is 12.8 Å². The summed E-state index contributed by atoms with van der Waals surface area (Å²) in [6.45, 7) is 0. The lowest BCUT2D eigenvalue weighted by Gasteiger charge is -2.31. The molecule has 2 rings (SSSR count). The van der Waals surface area contributed by atoms with E-state index in [9.17, 15) is 22.8 Å². The summed E-state index contributed by atoms with van der Waals surface area (Å²) in [7, 11) is 1.46. The van der Waals surface area contributed by atoms with E-state index in [0.717, 1.165) is 16.3 Å². The van der Waals surface area contributed by atoms with Crippen molar-refractivity contribution in [1.82, 2.24) is 14.1 Å². The molecule has 1 aromatic rings. The molecule has 21 heavy (non-hydrogen) atoms. The Kier molecular flexibility index (Phi) is 4.50. The molecule has 0 amide bonds. The van der Waals surface area contributed by atoms with Crippen LogP contribution in [0.1, 0.15) is 31.7 Å². The number of hydrogen-bond donors (Lipinski definition) is 0. The van der Waals surface area contributed by atoms with Crippen LogP contribution in [0, 0.1) is 5.92 Å². The van der Waals surface area contributed by atoms with Crippen molar-refractivity contribution in [3.63, 3.8) is 0 Å². The minimum atomic E-state index is -4.29. The van der Waals surface area contributed by atoms with Crippen molar-refractivity contribution in [3.05, 3.63) is 21.0 Å². The molecule has 1 aliphatic carbocycles. The zero-order valence-electron chi connectivity index (χ0n) is 11.7. The minimum absolute atomic E-state index is 0.0470. The molecule has 5 nitrogen and oxygen atoms in total. The summed E-state index contributed by atoms with van der Waals surface area (Å²) >= 11 is 1.14. The molecule has 1 aromatic heterocycles. The van der Waals surface area contributed by atoms with Gasteiger partial charge in [-0.05, 0) is 25.5 Å². The van der Waals surface area contributed by atoms with Crippen LogP contribution in [0.2, 0.25) is 0 Å². The maximum atomic E-state index is 12.8. The Bertz CT molecular complexity index is 638. The zero-order valence-corrected chi connectivity index (χ0v) is 12.5. The molecule has 0 bridgehead atoms. The van der Waals surface area contributed by atoms with Crippen LogP contribution in [0.15, 0.2) is 14.7 Å². The third-order valence-electron chi connectivity index (χ3n) is 3.83. The molecule has 1 aliphatic rings. The lowest BCUT2D eigenvalue weighted by atomic mass is 9.85. The topological polar surface area (TPSA) is 56.9 Å². The summed E-state index contributed by atoms with van der Waals surface area (Å²) in [5, 5.41) is 0.254. The van der Waals surface area contributed by atoms with Crippen molar-refractivity contribution in [2.75, 3.05) is 6.26 Å². The fourth-order valence-corrected chi connectivity index (χ4v) is 3.25. The van der Waals surface area contributed by atoms with Gasteiger partial charge in [-0.1, -0.05) is 18.2 Å². The van der Waals surface area contributed by atoms with E-state index in [1.54, 1.807) is 6.26 Å². The zero-order chi connectivity index (χ0) is 15.8. The summed E-state index contributed by atoms with van der Waals surface area (Å²) in [6.07, 6.45) is -2.08. The Labute approximate surface area is 123 Å². The van der Waals surface area contributed by atoms with Crippen LogP contribution >= 0.6 is 11.8 Å². The average Bonchev–Trinajstić information content (AvgIpc) is 2.42. The average molecular weight is 323 g/mol. The van der Waals surface area contributed by atoms with Gasteiger partial charge in [0.1, 0.15) is 0 Å². The van der Waals surface area contributed by atoms with Crippen LogP contribution < -0.4 is 11.4 Å². The van der Waals surface area contributed by atoms with Gasteiger partial charge in [-0.15, -0.1) is 0 Å². The number of alkyl halides is 3. The summed E-state index contributed by atoms with van der Waals surface area (Å²) in [6, 6.07) is -0.736. The van der Waals surface area contributed by atoms with E-state index in [1.807, 2.05) is 0 Å². The van der Waals surface area contributed by atoms with E-state index < -0.39 is 29.5 Å². The van der Waals surface area contributed by atoms with Gasteiger partial charge < -0.3 is 0 Å². The molecule has 1 fully saturated rings. The fraction of sp³-hybridized carbons (Fsp3) is 0.750. The molecule has 0 radical (unpaired) electrons. The highest BCUT2D eigenvalue weighted by Gasteiger charge is 2.43. The molecule has 0 N–H and O–H groups in total. The van der Waals surface area contributed by atoms with Crippen molar-refractivity contribution in [2.24, 2.45) is 13.0 Å². The predicted octanol–water partition coefficient (Wildman–Crippen LogP) is 1.96. The van der Waals surface area contributed by atoms with E-state index >= 15 is 0 Å². The largest absolute Gasteiger partial charge is 0.391 e. The first-order chi connectivity index (χ1) is 9.75. The number of nitrogens with zero attached hydrogens (tertiary/aromatic N) is 3. The van der Waals surface area contributed by atoms with Crippen LogP contribution in [0.25, 0.3) is 0 Å². The van der Waals surface area contributed by atoms with Gasteiger partial charge in [-0.2, -0.15) is 18.2 Å². The second-order valence-electron chi connectivity index (χ2n) is 5.15. The number of aromatic nitrogens is 3. The normalized spacial score (nSPS) is 23.3. The van der Waals surface area contributed by atoms with Gasteiger partial charge in [0.15, 0.2) is 5.16 Å². The second-order valence-corrected chi connectivity index (χ2v) is 5.93. The number of hydrogen-bond acceptors (Lipinski definition) is 4. The highest BCUT2D eigenvalue weighted by atomic mass is 32.2. The van der Waals surface area contributed by atoms with Crippen molar-refractivity contribution in [3.8, 4) is 0 Å². The van der Waals surface area contributed by atoms with Crippen molar-refractivity contribution in [2.45, 2.75) is 43.1 Å². The summed E-state index contributed by atoms with van der Waals surface area (Å²) in [5.74, 6) is -1.46. The van der Waals surface area contributed by atoms with Crippen LogP contribution in [-0.4, -0.2) is 26.6 Å². The summed E-state index contributed by atoms with van der Waals surface area (Å²) in [4.78, 5) is 28.0. The smallest absolute Gasteiger partial charge is 0.275 e. The van der Waals surface area contributed by atoms with Crippen LogP contribution in [0.3, 0.4) is 0 Å². The Hall–Kier alpha value is -1.25. The lowest BCUT2D eigenvalue weighted by molar-refractivity contribution is -0.185. The first kappa shape index (κ1) is 16.1. The van der Waals surface area contributed by atoms with E-state index in [2.05, 4.69) is 4.98 Å². The third kappa shape index (κ3) is 3.17. The SMILES string of the molecule is CSc1nc(=O)n(C2CCCC(C(F)(F)F)C2)c(=O)n1C. The van der Waals surface area contributed by atoms with Gasteiger partial charge in [0.05, 0.1) is 5.92 Å². The van der Waals surface area contributed by atoms with Crippen molar-refractivity contribution in [1.29, 1.82) is 0 Å². The molecule has 0 spiro atoms. The summed E-state index contributed by atoms with van der Waals surface area (Å²) in [5.41, 5.74) is -1.37. The number of halogens is 3. The van der Waals surface area contributed by atoms with Crippen molar-refractivity contribution < 1.29 is 13.2 Å². The lowest BCUT2D eigenvalue weighted by Crippen LogP contribution is -2.45.